The highest BCUT2D eigenvalue weighted by molar-refractivity contribution is 7.13. The minimum absolute atomic E-state index is 0.326. The highest BCUT2D eigenvalue weighted by Crippen LogP contribution is 2.33. The first-order valence-corrected chi connectivity index (χ1v) is 13.0. The first-order chi connectivity index (χ1) is 16.7. The quantitative estimate of drug-likeness (QED) is 0.452. The number of rotatable bonds is 8. The third-order valence-electron chi connectivity index (χ3n) is 6.58. The van der Waals surface area contributed by atoms with Crippen molar-refractivity contribution in [2.24, 2.45) is 17.3 Å². The molecule has 1 aliphatic carbocycles. The number of carbonyl (C=O) groups is 1. The molecule has 1 atom stereocenters. The fourth-order valence-corrected chi connectivity index (χ4v) is 5.38. The van der Waals surface area contributed by atoms with Crippen molar-refractivity contribution in [2.45, 2.75) is 59.1 Å². The molecule has 3 aromatic rings. The van der Waals surface area contributed by atoms with Gasteiger partial charge in [0, 0.05) is 12.1 Å². The van der Waals surface area contributed by atoms with Gasteiger partial charge in [0.25, 0.3) is 0 Å². The van der Waals surface area contributed by atoms with Gasteiger partial charge >= 0.3 is 11.7 Å². The van der Waals surface area contributed by atoms with Crippen LogP contribution in [0.1, 0.15) is 46.5 Å². The monoisotopic (exact) mass is 495 g/mol. The average molecular weight is 496 g/mol. The summed E-state index contributed by atoms with van der Waals surface area (Å²) in [6.07, 6.45) is 2.97. The van der Waals surface area contributed by atoms with Crippen molar-refractivity contribution in [3.05, 3.63) is 58.3 Å². The highest BCUT2D eigenvalue weighted by Gasteiger charge is 2.33. The second-order valence-corrected chi connectivity index (χ2v) is 11.4. The second kappa shape index (κ2) is 10.8. The lowest BCUT2D eigenvalue weighted by Crippen LogP contribution is -2.38. The molecule has 0 amide bonds. The van der Waals surface area contributed by atoms with Crippen LogP contribution in [0.15, 0.2) is 52.6 Å². The molecule has 0 saturated heterocycles. The predicted octanol–water partition coefficient (Wildman–Crippen LogP) is 5.36. The van der Waals surface area contributed by atoms with Crippen molar-refractivity contribution in [1.82, 2.24) is 14.8 Å². The van der Waals surface area contributed by atoms with E-state index in [-0.39, 0.29) is 5.69 Å². The minimum atomic E-state index is -0.913. The number of carboxylic acid groups (broad SMARTS) is 1. The Labute approximate surface area is 209 Å². The van der Waals surface area contributed by atoms with Crippen LogP contribution in [0.4, 0.5) is 0 Å². The van der Waals surface area contributed by atoms with Gasteiger partial charge in [-0.2, -0.15) is 10.1 Å². The molecule has 8 heteroatoms. The largest absolute Gasteiger partial charge is 0.479 e. The van der Waals surface area contributed by atoms with Crippen LogP contribution in [0.3, 0.4) is 0 Å². The molecular formula is C27H33N3O4S. The SMILES string of the molecule is CC(C)(C)C(OCC1CCC(Cn2nc(-c3ccccc3)c(-c3cccs3)nc2=O)CC1)C(=O)O. The van der Waals surface area contributed by atoms with E-state index < -0.39 is 17.5 Å². The topological polar surface area (TPSA) is 94.3 Å². The predicted molar refractivity (Wildman–Crippen MR) is 137 cm³/mol. The summed E-state index contributed by atoms with van der Waals surface area (Å²) in [6.45, 7) is 6.64. The van der Waals surface area contributed by atoms with Gasteiger partial charge in [-0.3, -0.25) is 0 Å². The second-order valence-electron chi connectivity index (χ2n) is 10.4. The molecule has 0 radical (unpaired) electrons. The summed E-state index contributed by atoms with van der Waals surface area (Å²) in [5.74, 6) is -0.254. The summed E-state index contributed by atoms with van der Waals surface area (Å²) < 4.78 is 7.33. The van der Waals surface area contributed by atoms with Gasteiger partial charge in [0.05, 0.1) is 11.5 Å². The van der Waals surface area contributed by atoms with Gasteiger partial charge in [-0.25, -0.2) is 14.3 Å². The summed E-state index contributed by atoms with van der Waals surface area (Å²) in [4.78, 5) is 29.8. The molecular weight excluding hydrogens is 462 g/mol. The summed E-state index contributed by atoms with van der Waals surface area (Å²) in [5.41, 5.74) is 1.50. The number of hydrogen-bond donors (Lipinski definition) is 1. The van der Waals surface area contributed by atoms with E-state index in [0.29, 0.717) is 30.7 Å². The molecule has 2 heterocycles. The van der Waals surface area contributed by atoms with Gasteiger partial charge in [0.1, 0.15) is 11.4 Å². The molecule has 186 valence electrons. The maximum atomic E-state index is 12.9. The summed E-state index contributed by atoms with van der Waals surface area (Å²) >= 11 is 1.55. The van der Waals surface area contributed by atoms with Crippen LogP contribution >= 0.6 is 11.3 Å². The van der Waals surface area contributed by atoms with Crippen molar-refractivity contribution in [3.8, 4) is 21.8 Å². The highest BCUT2D eigenvalue weighted by atomic mass is 32.1. The zero-order valence-electron chi connectivity index (χ0n) is 20.5. The van der Waals surface area contributed by atoms with Gasteiger partial charge in [-0.15, -0.1) is 11.3 Å². The third-order valence-corrected chi connectivity index (χ3v) is 7.46. The van der Waals surface area contributed by atoms with Crippen molar-refractivity contribution < 1.29 is 14.6 Å². The smallest absolute Gasteiger partial charge is 0.364 e. The van der Waals surface area contributed by atoms with Gasteiger partial charge in [-0.1, -0.05) is 57.2 Å². The van der Waals surface area contributed by atoms with Gasteiger partial charge in [-0.05, 0) is 54.4 Å². The van der Waals surface area contributed by atoms with Crippen LogP contribution in [0.2, 0.25) is 0 Å². The fourth-order valence-electron chi connectivity index (χ4n) is 4.66. The number of aromatic nitrogens is 3. The summed E-state index contributed by atoms with van der Waals surface area (Å²) in [7, 11) is 0. The number of hydrogen-bond acceptors (Lipinski definition) is 6. The number of benzene rings is 1. The van der Waals surface area contributed by atoms with Crippen LogP contribution in [-0.2, 0) is 16.1 Å². The number of thiophene rings is 1. The molecule has 1 unspecified atom stereocenters. The maximum absolute atomic E-state index is 12.9. The van der Waals surface area contributed by atoms with E-state index in [1.54, 1.807) is 11.3 Å². The molecule has 0 bridgehead atoms. The Hall–Kier alpha value is -2.84. The molecule has 4 rings (SSSR count). The van der Waals surface area contributed by atoms with Crippen molar-refractivity contribution >= 4 is 17.3 Å². The van der Waals surface area contributed by atoms with Gasteiger partial charge in [0.2, 0.25) is 0 Å². The molecule has 1 aliphatic rings. The molecule has 1 saturated carbocycles. The molecule has 7 nitrogen and oxygen atoms in total. The zero-order valence-corrected chi connectivity index (χ0v) is 21.3. The Bertz CT molecular complexity index is 1180. The third kappa shape index (κ3) is 6.24. The van der Waals surface area contributed by atoms with E-state index in [4.69, 9.17) is 9.84 Å². The van der Waals surface area contributed by atoms with E-state index in [1.807, 2.05) is 68.6 Å². The molecule has 0 spiro atoms. The van der Waals surface area contributed by atoms with E-state index in [0.717, 1.165) is 41.8 Å². The lowest BCUT2D eigenvalue weighted by atomic mass is 9.82. The molecule has 1 aromatic carbocycles. The fraction of sp³-hybridized carbons (Fsp3) is 0.481. The van der Waals surface area contributed by atoms with Gasteiger partial charge in [0.15, 0.2) is 6.10 Å². The molecule has 35 heavy (non-hydrogen) atoms. The zero-order chi connectivity index (χ0) is 25.0. The first kappa shape index (κ1) is 25.3. The first-order valence-electron chi connectivity index (χ1n) is 12.1. The Balaban J connectivity index is 1.44. The van der Waals surface area contributed by atoms with Crippen LogP contribution in [0, 0.1) is 17.3 Å². The number of aliphatic carboxylic acids is 1. The average Bonchev–Trinajstić information content (AvgIpc) is 3.36. The van der Waals surface area contributed by atoms with Crippen molar-refractivity contribution in [1.29, 1.82) is 0 Å². The van der Waals surface area contributed by atoms with Crippen LogP contribution < -0.4 is 5.69 Å². The summed E-state index contributed by atoms with van der Waals surface area (Å²) in [6, 6.07) is 13.8. The molecule has 1 N–H and O–H groups in total. The lowest BCUT2D eigenvalue weighted by molar-refractivity contribution is -0.159. The molecule has 0 aliphatic heterocycles. The Morgan fingerprint density at radius 2 is 1.77 bits per heavy atom. The van der Waals surface area contributed by atoms with Crippen LogP contribution in [0.5, 0.6) is 0 Å². The lowest BCUT2D eigenvalue weighted by Gasteiger charge is -2.32. The van der Waals surface area contributed by atoms with Crippen LogP contribution in [-0.4, -0.2) is 38.6 Å². The standard InChI is InChI=1S/C27H33N3O4S/c1-27(2,3)24(25(31)32)34-17-19-13-11-18(12-14-19)16-30-26(33)28-23(21-10-7-15-35-21)22(29-30)20-8-5-4-6-9-20/h4-10,15,18-19,24H,11-14,16-17H2,1-3H3,(H,31,32). The number of nitrogens with zero attached hydrogens (tertiary/aromatic N) is 3. The van der Waals surface area contributed by atoms with Crippen molar-refractivity contribution in [2.75, 3.05) is 6.61 Å². The Kier molecular flexibility index (Phi) is 7.82. The minimum Gasteiger partial charge on any atom is -0.479 e. The molecule has 1 fully saturated rings. The number of carboxylic acids is 1. The maximum Gasteiger partial charge on any atom is 0.364 e. The van der Waals surface area contributed by atoms with E-state index in [1.165, 1.54) is 4.68 Å². The van der Waals surface area contributed by atoms with E-state index in [9.17, 15) is 14.7 Å². The number of ether oxygens (including phenoxy) is 1. The Morgan fingerprint density at radius 3 is 2.37 bits per heavy atom. The summed E-state index contributed by atoms with van der Waals surface area (Å²) in [5, 5.41) is 16.2. The van der Waals surface area contributed by atoms with Crippen molar-refractivity contribution in [3.63, 3.8) is 0 Å². The van der Waals surface area contributed by atoms with Crippen LogP contribution in [0.25, 0.3) is 21.8 Å². The van der Waals surface area contributed by atoms with Gasteiger partial charge < -0.3 is 9.84 Å². The van der Waals surface area contributed by atoms with E-state index >= 15 is 0 Å². The molecule has 2 aromatic heterocycles. The normalized spacial score (nSPS) is 19.4. The van der Waals surface area contributed by atoms with E-state index in [2.05, 4.69) is 4.98 Å². The Morgan fingerprint density at radius 1 is 1.09 bits per heavy atom.